The molecule has 5 nitrogen and oxygen atoms in total. The van der Waals surface area contributed by atoms with E-state index < -0.39 is 0 Å². The van der Waals surface area contributed by atoms with Gasteiger partial charge in [0, 0.05) is 13.3 Å². The first-order valence-corrected chi connectivity index (χ1v) is 4.41. The van der Waals surface area contributed by atoms with Crippen molar-refractivity contribution in [2.75, 3.05) is 26.9 Å². The summed E-state index contributed by atoms with van der Waals surface area (Å²) in [6, 6.07) is 0. The van der Waals surface area contributed by atoms with Crippen LogP contribution in [-0.4, -0.2) is 43.0 Å². The first kappa shape index (κ1) is 10.9. The Balaban J connectivity index is 2.14. The van der Waals surface area contributed by atoms with Gasteiger partial charge in [-0.05, 0) is 0 Å². The van der Waals surface area contributed by atoms with Crippen LogP contribution in [0.3, 0.4) is 0 Å². The van der Waals surface area contributed by atoms with Gasteiger partial charge in [0.25, 0.3) is 0 Å². The highest BCUT2D eigenvalue weighted by Gasteiger charge is 1.96. The van der Waals surface area contributed by atoms with E-state index in [-0.39, 0.29) is 0 Å². The Morgan fingerprint density at radius 3 is 3.00 bits per heavy atom. The van der Waals surface area contributed by atoms with E-state index in [4.69, 9.17) is 9.47 Å². The van der Waals surface area contributed by atoms with E-state index in [1.54, 1.807) is 18.0 Å². The molecular formula is C9H14N2O3. The van der Waals surface area contributed by atoms with Gasteiger partial charge in [-0.1, -0.05) is 0 Å². The third-order valence-electron chi connectivity index (χ3n) is 1.69. The molecule has 5 heteroatoms. The highest BCUT2D eigenvalue weighted by molar-refractivity contribution is 5.73. The molecule has 14 heavy (non-hydrogen) atoms. The van der Waals surface area contributed by atoms with Gasteiger partial charge >= 0.3 is 0 Å². The molecule has 1 rings (SSSR count). The van der Waals surface area contributed by atoms with Crippen molar-refractivity contribution in [1.29, 1.82) is 0 Å². The molecule has 1 aromatic heterocycles. The molecule has 0 aromatic carbocycles. The number of hydrogen-bond acceptors (Lipinski definition) is 4. The SMILES string of the molecule is COCCOCCn1cc(C=O)cn1. The fourth-order valence-corrected chi connectivity index (χ4v) is 0.965. The Bertz CT molecular complexity index is 273. The molecule has 0 saturated carbocycles. The Hall–Kier alpha value is -1.20. The van der Waals surface area contributed by atoms with Crippen LogP contribution in [0.5, 0.6) is 0 Å². The minimum atomic E-state index is 0.573. The van der Waals surface area contributed by atoms with Crippen LogP contribution in [0.1, 0.15) is 10.4 Å². The van der Waals surface area contributed by atoms with Crippen molar-refractivity contribution in [3.63, 3.8) is 0 Å². The zero-order valence-electron chi connectivity index (χ0n) is 8.18. The summed E-state index contributed by atoms with van der Waals surface area (Å²) in [6.07, 6.45) is 3.99. The zero-order valence-corrected chi connectivity index (χ0v) is 8.18. The lowest BCUT2D eigenvalue weighted by Crippen LogP contribution is -2.09. The maximum atomic E-state index is 10.3. The third-order valence-corrected chi connectivity index (χ3v) is 1.69. The summed E-state index contributed by atoms with van der Waals surface area (Å²) in [5.41, 5.74) is 0.585. The van der Waals surface area contributed by atoms with Crippen molar-refractivity contribution < 1.29 is 14.3 Å². The van der Waals surface area contributed by atoms with Crippen molar-refractivity contribution >= 4 is 6.29 Å². The van der Waals surface area contributed by atoms with Crippen LogP contribution >= 0.6 is 0 Å². The van der Waals surface area contributed by atoms with Crippen molar-refractivity contribution in [3.05, 3.63) is 18.0 Å². The van der Waals surface area contributed by atoms with Crippen molar-refractivity contribution in [3.8, 4) is 0 Å². The number of rotatable bonds is 7. The first-order valence-electron chi connectivity index (χ1n) is 4.41. The fraction of sp³-hybridized carbons (Fsp3) is 0.556. The molecular weight excluding hydrogens is 184 g/mol. The van der Waals surface area contributed by atoms with Crippen LogP contribution in [0.4, 0.5) is 0 Å². The molecule has 0 unspecified atom stereocenters. The van der Waals surface area contributed by atoms with Crippen LogP contribution in [0.25, 0.3) is 0 Å². The van der Waals surface area contributed by atoms with Gasteiger partial charge in [-0.3, -0.25) is 9.48 Å². The Morgan fingerprint density at radius 1 is 1.50 bits per heavy atom. The lowest BCUT2D eigenvalue weighted by Gasteiger charge is -2.03. The minimum Gasteiger partial charge on any atom is -0.382 e. The van der Waals surface area contributed by atoms with E-state index in [0.29, 0.717) is 31.9 Å². The molecule has 0 spiro atoms. The summed E-state index contributed by atoms with van der Waals surface area (Å²) in [4.78, 5) is 10.3. The number of methoxy groups -OCH3 is 1. The smallest absolute Gasteiger partial charge is 0.153 e. The van der Waals surface area contributed by atoms with Gasteiger partial charge in [-0.2, -0.15) is 5.10 Å². The molecule has 1 aromatic rings. The van der Waals surface area contributed by atoms with Crippen LogP contribution in [0.15, 0.2) is 12.4 Å². The van der Waals surface area contributed by atoms with Gasteiger partial charge in [0.1, 0.15) is 0 Å². The quantitative estimate of drug-likeness (QED) is 0.469. The van der Waals surface area contributed by atoms with Gasteiger partial charge in [-0.25, -0.2) is 0 Å². The van der Waals surface area contributed by atoms with E-state index in [1.165, 1.54) is 6.20 Å². The molecule has 0 bridgehead atoms. The van der Waals surface area contributed by atoms with Gasteiger partial charge in [0.05, 0.1) is 38.1 Å². The molecule has 0 amide bonds. The monoisotopic (exact) mass is 198 g/mol. The summed E-state index contributed by atoms with van der Waals surface area (Å²) in [6.45, 7) is 2.40. The molecule has 0 aliphatic carbocycles. The number of nitrogens with zero attached hydrogens (tertiary/aromatic N) is 2. The van der Waals surface area contributed by atoms with Crippen molar-refractivity contribution in [2.24, 2.45) is 0 Å². The maximum absolute atomic E-state index is 10.3. The molecule has 0 N–H and O–H groups in total. The van der Waals surface area contributed by atoms with Gasteiger partial charge in [-0.15, -0.1) is 0 Å². The van der Waals surface area contributed by atoms with Gasteiger partial charge < -0.3 is 9.47 Å². The molecule has 0 fully saturated rings. The second-order valence-electron chi connectivity index (χ2n) is 2.76. The van der Waals surface area contributed by atoms with E-state index in [9.17, 15) is 4.79 Å². The molecule has 0 atom stereocenters. The van der Waals surface area contributed by atoms with Crippen molar-refractivity contribution in [1.82, 2.24) is 9.78 Å². The summed E-state index contributed by atoms with van der Waals surface area (Å²) in [5, 5.41) is 3.98. The van der Waals surface area contributed by atoms with Crippen LogP contribution in [0, 0.1) is 0 Å². The Morgan fingerprint density at radius 2 is 2.36 bits per heavy atom. The van der Waals surface area contributed by atoms with Crippen LogP contribution in [0.2, 0.25) is 0 Å². The number of hydrogen-bond donors (Lipinski definition) is 0. The van der Waals surface area contributed by atoms with Crippen molar-refractivity contribution in [2.45, 2.75) is 6.54 Å². The number of carbonyl (C=O) groups is 1. The molecule has 1 heterocycles. The minimum absolute atomic E-state index is 0.573. The Labute approximate surface area is 82.6 Å². The largest absolute Gasteiger partial charge is 0.382 e. The first-order chi connectivity index (χ1) is 6.86. The summed E-state index contributed by atoms with van der Waals surface area (Å²) in [7, 11) is 1.63. The molecule has 78 valence electrons. The predicted molar refractivity (Wildman–Crippen MR) is 50.3 cm³/mol. The number of ether oxygens (including phenoxy) is 2. The van der Waals surface area contributed by atoms with Gasteiger partial charge in [0.2, 0.25) is 0 Å². The van der Waals surface area contributed by atoms with E-state index in [1.807, 2.05) is 0 Å². The predicted octanol–water partition coefficient (Wildman–Crippen LogP) is 0.359. The number of carbonyl (C=O) groups excluding carboxylic acids is 1. The van der Waals surface area contributed by atoms with Crippen LogP contribution in [-0.2, 0) is 16.0 Å². The average molecular weight is 198 g/mol. The standard InChI is InChI=1S/C9H14N2O3/c1-13-4-5-14-3-2-11-7-9(8-12)6-10-11/h6-8H,2-5H2,1H3. The van der Waals surface area contributed by atoms with E-state index in [2.05, 4.69) is 5.10 Å². The second-order valence-corrected chi connectivity index (χ2v) is 2.76. The zero-order chi connectivity index (χ0) is 10.2. The third kappa shape index (κ3) is 3.68. The number of aromatic nitrogens is 2. The highest BCUT2D eigenvalue weighted by atomic mass is 16.5. The molecule has 0 aliphatic heterocycles. The average Bonchev–Trinajstić information content (AvgIpc) is 2.65. The lowest BCUT2D eigenvalue weighted by atomic mass is 10.4. The van der Waals surface area contributed by atoms with E-state index in [0.717, 1.165) is 6.29 Å². The van der Waals surface area contributed by atoms with E-state index >= 15 is 0 Å². The summed E-state index contributed by atoms with van der Waals surface area (Å²) in [5.74, 6) is 0. The van der Waals surface area contributed by atoms with Gasteiger partial charge in [0.15, 0.2) is 6.29 Å². The topological polar surface area (TPSA) is 53.4 Å². The highest BCUT2D eigenvalue weighted by Crippen LogP contribution is 1.93. The molecule has 0 aliphatic rings. The Kier molecular flexibility index (Phi) is 4.88. The lowest BCUT2D eigenvalue weighted by molar-refractivity contribution is 0.0654. The fourth-order valence-electron chi connectivity index (χ4n) is 0.965. The molecule has 0 saturated heterocycles. The summed E-state index contributed by atoms with van der Waals surface area (Å²) < 4.78 is 11.7. The maximum Gasteiger partial charge on any atom is 0.153 e. The number of aldehydes is 1. The second kappa shape index (κ2) is 6.28. The molecule has 0 radical (unpaired) electrons. The normalized spacial score (nSPS) is 10.4. The van der Waals surface area contributed by atoms with Crippen LogP contribution < -0.4 is 0 Å². The summed E-state index contributed by atoms with van der Waals surface area (Å²) >= 11 is 0.